The van der Waals surface area contributed by atoms with Gasteiger partial charge in [-0.15, -0.1) is 0 Å². The molecule has 2 saturated heterocycles. The molecule has 2 aromatic carbocycles. The summed E-state index contributed by atoms with van der Waals surface area (Å²) in [6.07, 6.45) is -0.0780. The van der Waals surface area contributed by atoms with Gasteiger partial charge in [-0.25, -0.2) is 4.79 Å². The molecule has 38 heavy (non-hydrogen) atoms. The van der Waals surface area contributed by atoms with Crippen LogP contribution in [0.2, 0.25) is 0 Å². The molecule has 1 spiro atoms. The lowest BCUT2D eigenvalue weighted by Gasteiger charge is -2.47. The number of piperidine rings is 1. The highest BCUT2D eigenvalue weighted by atomic mass is 16.6. The average Bonchev–Trinajstić information content (AvgIpc) is 3.22. The van der Waals surface area contributed by atoms with Gasteiger partial charge in [0, 0.05) is 32.0 Å². The van der Waals surface area contributed by atoms with Crippen LogP contribution >= 0.6 is 0 Å². The topological polar surface area (TPSA) is 95.0 Å². The van der Waals surface area contributed by atoms with Crippen LogP contribution in [0.3, 0.4) is 0 Å². The van der Waals surface area contributed by atoms with Crippen molar-refractivity contribution in [2.24, 2.45) is 0 Å². The molecule has 1 N–H and O–H groups in total. The summed E-state index contributed by atoms with van der Waals surface area (Å²) >= 11 is 0. The molecular formula is C29H35N3O6. The van der Waals surface area contributed by atoms with Crippen LogP contribution in [0.5, 0.6) is 0 Å². The SMILES string of the molecule is CO[C@H]1C(OCc2ccccc2)[C@]2(CN(C)CC[C@H]2OCc2ccccc2)O[C@H]1n1cc(C)c(=O)[nH]c1=O. The molecule has 9 nitrogen and oxygen atoms in total. The molecule has 0 bridgehead atoms. The Kier molecular flexibility index (Phi) is 7.92. The van der Waals surface area contributed by atoms with Crippen molar-refractivity contribution in [2.45, 2.75) is 56.7 Å². The van der Waals surface area contributed by atoms with Crippen LogP contribution in [0.1, 0.15) is 29.3 Å². The first-order valence-corrected chi connectivity index (χ1v) is 12.9. The predicted octanol–water partition coefficient (Wildman–Crippen LogP) is 2.63. The molecule has 2 aliphatic rings. The fourth-order valence-corrected chi connectivity index (χ4v) is 5.58. The summed E-state index contributed by atoms with van der Waals surface area (Å²) in [5.41, 5.74) is 0.579. The summed E-state index contributed by atoms with van der Waals surface area (Å²) in [5, 5.41) is 0. The zero-order chi connectivity index (χ0) is 26.7. The lowest BCUT2D eigenvalue weighted by atomic mass is 9.83. The maximum atomic E-state index is 12.9. The number of hydrogen-bond donors (Lipinski definition) is 1. The van der Waals surface area contributed by atoms with Gasteiger partial charge in [-0.1, -0.05) is 60.7 Å². The Labute approximate surface area is 221 Å². The maximum Gasteiger partial charge on any atom is 0.330 e. The Morgan fingerprint density at radius 1 is 1.00 bits per heavy atom. The fourth-order valence-electron chi connectivity index (χ4n) is 5.58. The average molecular weight is 522 g/mol. The van der Waals surface area contributed by atoms with Gasteiger partial charge in [-0.05, 0) is 31.5 Å². The molecule has 5 rings (SSSR count). The van der Waals surface area contributed by atoms with Gasteiger partial charge in [0.15, 0.2) is 6.23 Å². The number of likely N-dealkylation sites (tertiary alicyclic amines) is 1. The molecule has 1 aromatic heterocycles. The minimum atomic E-state index is -0.925. The van der Waals surface area contributed by atoms with E-state index in [0.29, 0.717) is 25.3 Å². The van der Waals surface area contributed by atoms with Crippen molar-refractivity contribution in [2.75, 3.05) is 27.2 Å². The van der Waals surface area contributed by atoms with Crippen molar-refractivity contribution < 1.29 is 18.9 Å². The van der Waals surface area contributed by atoms with E-state index in [1.165, 1.54) is 10.8 Å². The summed E-state index contributed by atoms with van der Waals surface area (Å²) in [6.45, 7) is 3.78. The third-order valence-corrected chi connectivity index (χ3v) is 7.49. The van der Waals surface area contributed by atoms with Crippen molar-refractivity contribution in [1.82, 2.24) is 14.5 Å². The van der Waals surface area contributed by atoms with Gasteiger partial charge >= 0.3 is 5.69 Å². The maximum absolute atomic E-state index is 12.9. The first-order chi connectivity index (χ1) is 18.4. The monoisotopic (exact) mass is 521 g/mol. The van der Waals surface area contributed by atoms with E-state index in [2.05, 4.69) is 9.88 Å². The van der Waals surface area contributed by atoms with Crippen LogP contribution < -0.4 is 11.2 Å². The van der Waals surface area contributed by atoms with Crippen molar-refractivity contribution in [3.8, 4) is 0 Å². The minimum absolute atomic E-state index is 0.318. The number of aryl methyl sites for hydroxylation is 1. The van der Waals surface area contributed by atoms with Gasteiger partial charge in [0.1, 0.15) is 17.8 Å². The molecule has 0 radical (unpaired) electrons. The van der Waals surface area contributed by atoms with Gasteiger partial charge in [-0.3, -0.25) is 14.3 Å². The Bertz CT molecular complexity index is 1330. The molecule has 3 heterocycles. The smallest absolute Gasteiger partial charge is 0.330 e. The molecule has 5 atom stereocenters. The van der Waals surface area contributed by atoms with Gasteiger partial charge < -0.3 is 23.8 Å². The van der Waals surface area contributed by atoms with Crippen molar-refractivity contribution in [3.63, 3.8) is 0 Å². The largest absolute Gasteiger partial charge is 0.374 e. The molecule has 3 aromatic rings. The van der Waals surface area contributed by atoms with Crippen molar-refractivity contribution >= 4 is 0 Å². The lowest BCUT2D eigenvalue weighted by Crippen LogP contribution is -2.63. The number of methoxy groups -OCH3 is 1. The number of rotatable bonds is 8. The van der Waals surface area contributed by atoms with E-state index in [0.717, 1.165) is 24.1 Å². The summed E-state index contributed by atoms with van der Waals surface area (Å²) in [5.74, 6) is 0. The summed E-state index contributed by atoms with van der Waals surface area (Å²) in [7, 11) is 3.63. The van der Waals surface area contributed by atoms with E-state index in [1.54, 1.807) is 14.0 Å². The molecular weight excluding hydrogens is 486 g/mol. The highest BCUT2D eigenvalue weighted by molar-refractivity contribution is 5.17. The first kappa shape index (κ1) is 26.5. The molecule has 2 aliphatic heterocycles. The fraction of sp³-hybridized carbons (Fsp3) is 0.448. The van der Waals surface area contributed by atoms with E-state index < -0.39 is 35.3 Å². The second-order valence-corrected chi connectivity index (χ2v) is 10.2. The van der Waals surface area contributed by atoms with Crippen LogP contribution in [0.25, 0.3) is 0 Å². The first-order valence-electron chi connectivity index (χ1n) is 12.9. The zero-order valence-electron chi connectivity index (χ0n) is 22.0. The van der Waals surface area contributed by atoms with Gasteiger partial charge in [0.2, 0.25) is 0 Å². The van der Waals surface area contributed by atoms with E-state index >= 15 is 0 Å². The Hall–Kier alpha value is -3.08. The Morgan fingerprint density at radius 3 is 2.26 bits per heavy atom. The number of nitrogens with one attached hydrogen (secondary N) is 1. The molecule has 0 amide bonds. The summed E-state index contributed by atoms with van der Waals surface area (Å²) in [6, 6.07) is 19.9. The highest BCUT2D eigenvalue weighted by Gasteiger charge is 2.62. The lowest BCUT2D eigenvalue weighted by molar-refractivity contribution is -0.217. The predicted molar refractivity (Wildman–Crippen MR) is 142 cm³/mol. The highest BCUT2D eigenvalue weighted by Crippen LogP contribution is 2.46. The minimum Gasteiger partial charge on any atom is -0.374 e. The summed E-state index contributed by atoms with van der Waals surface area (Å²) < 4.78 is 27.4. The van der Waals surface area contributed by atoms with E-state index in [9.17, 15) is 9.59 Å². The number of ether oxygens (including phenoxy) is 4. The normalized spacial score (nSPS) is 27.7. The third-order valence-electron chi connectivity index (χ3n) is 7.49. The van der Waals surface area contributed by atoms with Crippen molar-refractivity contribution in [1.29, 1.82) is 0 Å². The van der Waals surface area contributed by atoms with Crippen LogP contribution in [-0.4, -0.2) is 65.6 Å². The quantitative estimate of drug-likeness (QED) is 0.487. The molecule has 2 fully saturated rings. The standard InChI is InChI=1S/C29H35N3O6/c1-20-16-32(28(34)30-26(20)33)27-24(35-3)25(37-18-22-12-8-5-9-13-22)29(38-27)19-31(2)15-14-23(29)36-17-21-10-6-4-7-11-21/h4-13,16,23-25,27H,14-15,17-19H2,1-3H3,(H,30,33,34)/t23-,24+,25?,27-,29-/m1/s1. The Balaban J connectivity index is 1.54. The molecule has 9 heteroatoms. The van der Waals surface area contributed by atoms with Gasteiger partial charge in [-0.2, -0.15) is 0 Å². The number of nitrogens with zero attached hydrogens (tertiary/aromatic N) is 2. The Morgan fingerprint density at radius 2 is 1.63 bits per heavy atom. The van der Waals surface area contributed by atoms with E-state index in [-0.39, 0.29) is 6.10 Å². The number of likely N-dealkylation sites (N-methyl/N-ethyl adjacent to an activating group) is 1. The molecule has 202 valence electrons. The van der Waals surface area contributed by atoms with Crippen LogP contribution in [-0.2, 0) is 32.2 Å². The van der Waals surface area contributed by atoms with E-state index in [4.69, 9.17) is 18.9 Å². The second-order valence-electron chi connectivity index (χ2n) is 10.2. The number of hydrogen-bond acceptors (Lipinski definition) is 7. The van der Waals surface area contributed by atoms with Crippen LogP contribution in [0, 0.1) is 6.92 Å². The van der Waals surface area contributed by atoms with Crippen LogP contribution in [0.4, 0.5) is 0 Å². The number of aromatic nitrogens is 2. The van der Waals surface area contributed by atoms with E-state index in [1.807, 2.05) is 67.7 Å². The zero-order valence-corrected chi connectivity index (χ0v) is 22.0. The summed E-state index contributed by atoms with van der Waals surface area (Å²) in [4.78, 5) is 29.6. The second kappa shape index (κ2) is 11.3. The number of benzene rings is 2. The third kappa shape index (κ3) is 5.25. The van der Waals surface area contributed by atoms with Gasteiger partial charge in [0.05, 0.1) is 19.3 Å². The number of aromatic amines is 1. The van der Waals surface area contributed by atoms with Crippen LogP contribution in [0.15, 0.2) is 76.4 Å². The molecule has 0 aliphatic carbocycles. The molecule has 1 unspecified atom stereocenters. The van der Waals surface area contributed by atoms with Crippen molar-refractivity contribution in [3.05, 3.63) is 104 Å². The van der Waals surface area contributed by atoms with Gasteiger partial charge in [0.25, 0.3) is 5.56 Å². The number of H-pyrrole nitrogens is 1. The molecule has 0 saturated carbocycles.